The van der Waals surface area contributed by atoms with E-state index in [0.717, 1.165) is 43.9 Å². The second-order valence-electron chi connectivity index (χ2n) is 7.78. The number of hydrogen-bond donors (Lipinski definition) is 1. The van der Waals surface area contributed by atoms with E-state index in [1.165, 1.54) is 11.8 Å². The molecule has 1 N–H and O–H groups in total. The van der Waals surface area contributed by atoms with Gasteiger partial charge < -0.3 is 15.1 Å². The fraction of sp³-hybridized carbons (Fsp3) is 0.333. The average molecular weight is 440 g/mol. The zero-order chi connectivity index (χ0) is 21.8. The van der Waals surface area contributed by atoms with Crippen molar-refractivity contribution in [2.45, 2.75) is 20.4 Å². The molecule has 3 aromatic rings. The summed E-state index contributed by atoms with van der Waals surface area (Å²) < 4.78 is 14.1. The minimum Gasteiger partial charge on any atom is -0.369 e. The van der Waals surface area contributed by atoms with Crippen molar-refractivity contribution in [1.82, 2.24) is 14.9 Å². The fourth-order valence-corrected chi connectivity index (χ4v) is 3.91. The van der Waals surface area contributed by atoms with Crippen molar-refractivity contribution < 1.29 is 4.39 Å². The molecule has 1 aromatic heterocycles. The van der Waals surface area contributed by atoms with Gasteiger partial charge in [0.1, 0.15) is 11.6 Å². The molecule has 0 bridgehead atoms. The van der Waals surface area contributed by atoms with Crippen LogP contribution < -0.4 is 10.2 Å². The maximum atomic E-state index is 14.1. The molecule has 0 unspecified atom stereocenters. The van der Waals surface area contributed by atoms with Gasteiger partial charge in [-0.1, -0.05) is 24.6 Å². The lowest BCUT2D eigenvalue weighted by Crippen LogP contribution is -2.46. The molecule has 4 rings (SSSR count). The van der Waals surface area contributed by atoms with Crippen LogP contribution in [0.5, 0.6) is 0 Å². The lowest BCUT2D eigenvalue weighted by atomic mass is 10.1. The van der Waals surface area contributed by atoms with Gasteiger partial charge in [0.25, 0.3) is 0 Å². The lowest BCUT2D eigenvalue weighted by molar-refractivity contribution is 0.271. The number of anilines is 2. The Morgan fingerprint density at radius 1 is 1.06 bits per heavy atom. The Labute approximate surface area is 187 Å². The Hall–Kier alpha value is -2.70. The number of piperazine rings is 1. The van der Waals surface area contributed by atoms with E-state index in [0.29, 0.717) is 28.8 Å². The highest BCUT2D eigenvalue weighted by molar-refractivity contribution is 6.30. The van der Waals surface area contributed by atoms with Gasteiger partial charge in [-0.25, -0.2) is 14.4 Å². The highest BCUT2D eigenvalue weighted by atomic mass is 35.5. The standard InChI is InChI=1S/C24H27ClFN5/c1-3-30-10-12-31(13-11-30)21-8-5-18(6-9-21)24-27-15-17(2)23(29-24)28-16-19-4-7-20(25)14-22(19)26/h4-9,14-15H,3,10-13,16H2,1-2H3,(H,27,28,29). The Morgan fingerprint density at radius 3 is 2.48 bits per heavy atom. The first kappa shape index (κ1) is 21.5. The van der Waals surface area contributed by atoms with E-state index in [2.05, 4.69) is 56.3 Å². The van der Waals surface area contributed by atoms with Crippen molar-refractivity contribution in [3.8, 4) is 11.4 Å². The van der Waals surface area contributed by atoms with Gasteiger partial charge in [0, 0.05) is 66.3 Å². The van der Waals surface area contributed by atoms with Crippen LogP contribution in [0, 0.1) is 12.7 Å². The van der Waals surface area contributed by atoms with Gasteiger partial charge in [-0.05, 0) is 49.9 Å². The summed E-state index contributed by atoms with van der Waals surface area (Å²) in [6.45, 7) is 9.87. The number of benzene rings is 2. The number of nitrogens with zero attached hydrogens (tertiary/aromatic N) is 4. The number of nitrogens with one attached hydrogen (secondary N) is 1. The molecule has 0 radical (unpaired) electrons. The third-order valence-electron chi connectivity index (χ3n) is 5.74. The number of halogens is 2. The molecule has 0 saturated carbocycles. The first-order valence-corrected chi connectivity index (χ1v) is 11.0. The predicted molar refractivity (Wildman–Crippen MR) is 125 cm³/mol. The monoisotopic (exact) mass is 439 g/mol. The molecular weight excluding hydrogens is 413 g/mol. The van der Waals surface area contributed by atoms with Gasteiger partial charge in [0.2, 0.25) is 0 Å². The molecule has 2 aromatic carbocycles. The van der Waals surface area contributed by atoms with Gasteiger partial charge in [0.05, 0.1) is 0 Å². The van der Waals surface area contributed by atoms with Crippen LogP contribution in [0.1, 0.15) is 18.1 Å². The van der Waals surface area contributed by atoms with Crippen molar-refractivity contribution in [3.63, 3.8) is 0 Å². The topological polar surface area (TPSA) is 44.3 Å². The van der Waals surface area contributed by atoms with Gasteiger partial charge in [-0.2, -0.15) is 0 Å². The number of likely N-dealkylation sites (N-methyl/N-ethyl adjacent to an activating group) is 1. The van der Waals surface area contributed by atoms with Gasteiger partial charge in [0.15, 0.2) is 5.82 Å². The molecule has 162 valence electrons. The second-order valence-corrected chi connectivity index (χ2v) is 8.22. The molecule has 7 heteroatoms. The summed E-state index contributed by atoms with van der Waals surface area (Å²) in [5.41, 5.74) is 3.62. The van der Waals surface area contributed by atoms with Crippen molar-refractivity contribution >= 4 is 23.1 Å². The molecule has 1 aliphatic rings. The van der Waals surface area contributed by atoms with E-state index >= 15 is 0 Å². The molecule has 0 aliphatic carbocycles. The number of aryl methyl sites for hydroxylation is 1. The van der Waals surface area contributed by atoms with Crippen LogP contribution in [0.3, 0.4) is 0 Å². The third kappa shape index (κ3) is 5.14. The summed E-state index contributed by atoms with van der Waals surface area (Å²) in [5.74, 6) is 1.01. The summed E-state index contributed by atoms with van der Waals surface area (Å²) >= 11 is 5.84. The summed E-state index contributed by atoms with van der Waals surface area (Å²) in [5, 5.41) is 3.61. The first-order valence-electron chi connectivity index (χ1n) is 10.6. The summed E-state index contributed by atoms with van der Waals surface area (Å²) in [6.07, 6.45) is 1.79. The van der Waals surface area contributed by atoms with Crippen molar-refractivity contribution in [1.29, 1.82) is 0 Å². The van der Waals surface area contributed by atoms with Gasteiger partial charge in [-0.3, -0.25) is 0 Å². The smallest absolute Gasteiger partial charge is 0.161 e. The highest BCUT2D eigenvalue weighted by Gasteiger charge is 2.16. The van der Waals surface area contributed by atoms with Gasteiger partial charge >= 0.3 is 0 Å². The molecule has 1 fully saturated rings. The van der Waals surface area contributed by atoms with E-state index in [1.807, 2.05) is 6.92 Å². The first-order chi connectivity index (χ1) is 15.0. The summed E-state index contributed by atoms with van der Waals surface area (Å²) in [6, 6.07) is 13.1. The molecule has 2 heterocycles. The molecule has 0 atom stereocenters. The normalized spacial score (nSPS) is 14.6. The number of hydrogen-bond acceptors (Lipinski definition) is 5. The Bertz CT molecular complexity index is 1030. The highest BCUT2D eigenvalue weighted by Crippen LogP contribution is 2.24. The summed E-state index contributed by atoms with van der Waals surface area (Å²) in [4.78, 5) is 14.1. The van der Waals surface area contributed by atoms with Crippen molar-refractivity contribution in [2.24, 2.45) is 0 Å². The van der Waals surface area contributed by atoms with Crippen LogP contribution in [0.25, 0.3) is 11.4 Å². The predicted octanol–water partition coefficient (Wildman–Crippen LogP) is 5.00. The maximum absolute atomic E-state index is 14.1. The zero-order valence-corrected chi connectivity index (χ0v) is 18.7. The van der Waals surface area contributed by atoms with Crippen LogP contribution >= 0.6 is 11.6 Å². The largest absolute Gasteiger partial charge is 0.369 e. The lowest BCUT2D eigenvalue weighted by Gasteiger charge is -2.35. The number of rotatable bonds is 6. The van der Waals surface area contributed by atoms with Crippen LogP contribution in [-0.2, 0) is 6.54 Å². The minimum absolute atomic E-state index is 0.322. The molecule has 0 spiro atoms. The van der Waals surface area contributed by atoms with E-state index in [1.54, 1.807) is 18.3 Å². The zero-order valence-electron chi connectivity index (χ0n) is 17.9. The van der Waals surface area contributed by atoms with E-state index in [-0.39, 0.29) is 5.82 Å². The Balaban J connectivity index is 1.46. The van der Waals surface area contributed by atoms with Crippen LogP contribution in [0.2, 0.25) is 5.02 Å². The fourth-order valence-electron chi connectivity index (χ4n) is 3.75. The van der Waals surface area contributed by atoms with Gasteiger partial charge in [-0.15, -0.1) is 0 Å². The molecule has 1 aliphatic heterocycles. The number of aromatic nitrogens is 2. The molecular formula is C24H27ClFN5. The quantitative estimate of drug-likeness (QED) is 0.585. The van der Waals surface area contributed by atoms with Crippen LogP contribution in [0.15, 0.2) is 48.7 Å². The molecule has 1 saturated heterocycles. The van der Waals surface area contributed by atoms with Crippen LogP contribution in [0.4, 0.5) is 15.9 Å². The molecule has 0 amide bonds. The summed E-state index contributed by atoms with van der Waals surface area (Å²) in [7, 11) is 0. The Morgan fingerprint density at radius 2 is 1.81 bits per heavy atom. The van der Waals surface area contributed by atoms with Crippen LogP contribution in [-0.4, -0.2) is 47.6 Å². The third-order valence-corrected chi connectivity index (χ3v) is 5.98. The van der Waals surface area contributed by atoms with Crippen molar-refractivity contribution in [3.05, 3.63) is 70.6 Å². The minimum atomic E-state index is -0.331. The van der Waals surface area contributed by atoms with E-state index < -0.39 is 0 Å². The molecule has 5 nitrogen and oxygen atoms in total. The van der Waals surface area contributed by atoms with E-state index in [9.17, 15) is 4.39 Å². The second kappa shape index (κ2) is 9.62. The SMILES string of the molecule is CCN1CCN(c2ccc(-c3ncc(C)c(NCc4ccc(Cl)cc4F)n3)cc2)CC1. The van der Waals surface area contributed by atoms with Crippen molar-refractivity contribution in [2.75, 3.05) is 42.9 Å². The van der Waals surface area contributed by atoms with E-state index in [4.69, 9.17) is 11.6 Å². The Kier molecular flexibility index (Phi) is 6.68. The maximum Gasteiger partial charge on any atom is 0.161 e. The molecule has 31 heavy (non-hydrogen) atoms. The average Bonchev–Trinajstić information content (AvgIpc) is 2.80.